The summed E-state index contributed by atoms with van der Waals surface area (Å²) in [5.74, 6) is -0.264. The Kier molecular flexibility index (Phi) is 4.01. The van der Waals surface area contributed by atoms with Gasteiger partial charge in [-0.1, -0.05) is 18.2 Å². The Balaban J connectivity index is 1.71. The largest absolute Gasteiger partial charge is 0.378 e. The SMILES string of the molecule is Fc1cccc(Br)c1NCc1ccc(-n2ccnc2)cc1. The van der Waals surface area contributed by atoms with Crippen molar-refractivity contribution in [2.24, 2.45) is 0 Å². The zero-order chi connectivity index (χ0) is 14.7. The number of nitrogens with zero attached hydrogens (tertiary/aromatic N) is 2. The summed E-state index contributed by atoms with van der Waals surface area (Å²) < 4.78 is 16.4. The van der Waals surface area contributed by atoms with Crippen molar-refractivity contribution in [1.82, 2.24) is 9.55 Å². The average Bonchev–Trinajstić information content (AvgIpc) is 3.02. The number of hydrogen-bond donors (Lipinski definition) is 1. The Morgan fingerprint density at radius 3 is 2.62 bits per heavy atom. The molecule has 0 saturated carbocycles. The minimum atomic E-state index is -0.264. The van der Waals surface area contributed by atoms with Gasteiger partial charge in [0.1, 0.15) is 5.82 Å². The number of anilines is 1. The maximum atomic E-state index is 13.7. The molecular formula is C16H13BrFN3. The molecule has 0 saturated heterocycles. The maximum Gasteiger partial charge on any atom is 0.147 e. The van der Waals surface area contributed by atoms with E-state index in [1.165, 1.54) is 6.07 Å². The second kappa shape index (κ2) is 6.10. The van der Waals surface area contributed by atoms with E-state index in [9.17, 15) is 4.39 Å². The summed E-state index contributed by atoms with van der Waals surface area (Å²) in [4.78, 5) is 4.02. The van der Waals surface area contributed by atoms with Crippen molar-refractivity contribution in [3.8, 4) is 5.69 Å². The zero-order valence-electron chi connectivity index (χ0n) is 11.1. The first-order valence-corrected chi connectivity index (χ1v) is 7.28. The fraction of sp³-hybridized carbons (Fsp3) is 0.0625. The fourth-order valence-electron chi connectivity index (χ4n) is 2.05. The van der Waals surface area contributed by atoms with Gasteiger partial charge < -0.3 is 9.88 Å². The molecule has 106 valence electrons. The molecular weight excluding hydrogens is 333 g/mol. The molecule has 0 radical (unpaired) electrons. The summed E-state index contributed by atoms with van der Waals surface area (Å²) in [5, 5.41) is 3.11. The van der Waals surface area contributed by atoms with Crippen LogP contribution < -0.4 is 5.32 Å². The van der Waals surface area contributed by atoms with E-state index in [0.29, 0.717) is 12.2 Å². The third-order valence-corrected chi connectivity index (χ3v) is 3.83. The third-order valence-electron chi connectivity index (χ3n) is 3.17. The van der Waals surface area contributed by atoms with Gasteiger partial charge in [-0.2, -0.15) is 0 Å². The van der Waals surface area contributed by atoms with Crippen LogP contribution in [0, 0.1) is 5.82 Å². The van der Waals surface area contributed by atoms with Gasteiger partial charge in [0, 0.05) is 29.1 Å². The first-order valence-electron chi connectivity index (χ1n) is 6.49. The zero-order valence-corrected chi connectivity index (χ0v) is 12.7. The first kappa shape index (κ1) is 13.8. The second-order valence-corrected chi connectivity index (χ2v) is 5.44. The minimum absolute atomic E-state index is 0.264. The Morgan fingerprint density at radius 1 is 1.14 bits per heavy atom. The van der Waals surface area contributed by atoms with E-state index >= 15 is 0 Å². The van der Waals surface area contributed by atoms with Gasteiger partial charge in [-0.05, 0) is 45.8 Å². The van der Waals surface area contributed by atoms with Crippen LogP contribution in [0.2, 0.25) is 0 Å². The molecule has 3 rings (SSSR count). The van der Waals surface area contributed by atoms with Crippen LogP contribution in [0.4, 0.5) is 10.1 Å². The van der Waals surface area contributed by atoms with E-state index in [0.717, 1.165) is 15.7 Å². The summed E-state index contributed by atoms with van der Waals surface area (Å²) in [5.41, 5.74) is 2.61. The van der Waals surface area contributed by atoms with Crippen LogP contribution in [0.3, 0.4) is 0 Å². The molecule has 0 bridgehead atoms. The van der Waals surface area contributed by atoms with Crippen LogP contribution in [-0.4, -0.2) is 9.55 Å². The van der Waals surface area contributed by atoms with E-state index in [-0.39, 0.29) is 5.82 Å². The molecule has 0 spiro atoms. The van der Waals surface area contributed by atoms with Crippen molar-refractivity contribution in [1.29, 1.82) is 0 Å². The lowest BCUT2D eigenvalue weighted by Crippen LogP contribution is -2.02. The van der Waals surface area contributed by atoms with Crippen LogP contribution in [0.25, 0.3) is 5.69 Å². The lowest BCUT2D eigenvalue weighted by atomic mass is 10.2. The smallest absolute Gasteiger partial charge is 0.147 e. The van der Waals surface area contributed by atoms with Crippen LogP contribution in [0.5, 0.6) is 0 Å². The number of aromatic nitrogens is 2. The lowest BCUT2D eigenvalue weighted by Gasteiger charge is -2.10. The maximum absolute atomic E-state index is 13.7. The predicted octanol–water partition coefficient (Wildman–Crippen LogP) is 4.39. The standard InChI is InChI=1S/C16H13BrFN3/c17-14-2-1-3-15(18)16(14)20-10-12-4-6-13(7-5-12)21-9-8-19-11-21/h1-9,11,20H,10H2. The predicted molar refractivity (Wildman–Crippen MR) is 85.0 cm³/mol. The van der Waals surface area contributed by atoms with Crippen molar-refractivity contribution in [3.05, 3.63) is 77.0 Å². The van der Waals surface area contributed by atoms with Gasteiger partial charge in [0.05, 0.1) is 12.0 Å². The normalized spacial score (nSPS) is 10.6. The molecule has 1 heterocycles. The molecule has 21 heavy (non-hydrogen) atoms. The molecule has 1 aromatic heterocycles. The second-order valence-electron chi connectivity index (χ2n) is 4.59. The van der Waals surface area contributed by atoms with Crippen molar-refractivity contribution in [2.75, 3.05) is 5.32 Å². The first-order chi connectivity index (χ1) is 10.2. The highest BCUT2D eigenvalue weighted by Crippen LogP contribution is 2.25. The van der Waals surface area contributed by atoms with Gasteiger partial charge in [0.2, 0.25) is 0 Å². The molecule has 0 amide bonds. The number of para-hydroxylation sites is 1. The highest BCUT2D eigenvalue weighted by molar-refractivity contribution is 9.10. The Morgan fingerprint density at radius 2 is 1.95 bits per heavy atom. The minimum Gasteiger partial charge on any atom is -0.378 e. The summed E-state index contributed by atoms with van der Waals surface area (Å²) in [6.45, 7) is 0.559. The van der Waals surface area contributed by atoms with Crippen molar-refractivity contribution in [2.45, 2.75) is 6.54 Å². The summed E-state index contributed by atoms with van der Waals surface area (Å²) >= 11 is 3.35. The molecule has 3 aromatic rings. The summed E-state index contributed by atoms with van der Waals surface area (Å²) in [7, 11) is 0. The molecule has 1 N–H and O–H groups in total. The molecule has 0 aliphatic heterocycles. The highest BCUT2D eigenvalue weighted by Gasteiger charge is 2.05. The van der Waals surface area contributed by atoms with Crippen LogP contribution >= 0.6 is 15.9 Å². The van der Waals surface area contributed by atoms with Gasteiger partial charge in [0.15, 0.2) is 0 Å². The van der Waals surface area contributed by atoms with Gasteiger partial charge in [-0.3, -0.25) is 0 Å². The lowest BCUT2D eigenvalue weighted by molar-refractivity contribution is 0.629. The third kappa shape index (κ3) is 3.13. The van der Waals surface area contributed by atoms with Crippen molar-refractivity contribution >= 4 is 21.6 Å². The fourth-order valence-corrected chi connectivity index (χ4v) is 2.54. The Labute approximate surface area is 130 Å². The molecule has 0 unspecified atom stereocenters. The molecule has 5 heteroatoms. The Hall–Kier alpha value is -2.14. The van der Waals surface area contributed by atoms with Gasteiger partial charge in [-0.25, -0.2) is 9.37 Å². The Bertz CT molecular complexity index is 704. The van der Waals surface area contributed by atoms with E-state index in [1.54, 1.807) is 18.6 Å². The van der Waals surface area contributed by atoms with Crippen molar-refractivity contribution < 1.29 is 4.39 Å². The van der Waals surface area contributed by atoms with Crippen LogP contribution in [-0.2, 0) is 6.54 Å². The number of nitrogens with one attached hydrogen (secondary N) is 1. The number of benzene rings is 2. The number of imidazole rings is 1. The molecule has 0 aliphatic carbocycles. The molecule has 0 aliphatic rings. The topological polar surface area (TPSA) is 29.9 Å². The quantitative estimate of drug-likeness (QED) is 0.760. The van der Waals surface area contributed by atoms with Crippen LogP contribution in [0.15, 0.2) is 65.7 Å². The molecule has 0 atom stereocenters. The monoisotopic (exact) mass is 345 g/mol. The average molecular weight is 346 g/mol. The van der Waals surface area contributed by atoms with E-state index < -0.39 is 0 Å². The summed E-state index contributed by atoms with van der Waals surface area (Å²) in [6, 6.07) is 13.0. The number of rotatable bonds is 4. The molecule has 0 fully saturated rings. The van der Waals surface area contributed by atoms with Gasteiger partial charge in [0.25, 0.3) is 0 Å². The van der Waals surface area contributed by atoms with Crippen LogP contribution in [0.1, 0.15) is 5.56 Å². The van der Waals surface area contributed by atoms with Gasteiger partial charge in [-0.15, -0.1) is 0 Å². The summed E-state index contributed by atoms with van der Waals surface area (Å²) in [6.07, 6.45) is 5.39. The molecule has 2 aromatic carbocycles. The molecule has 3 nitrogen and oxygen atoms in total. The number of hydrogen-bond acceptors (Lipinski definition) is 2. The highest BCUT2D eigenvalue weighted by atomic mass is 79.9. The van der Waals surface area contributed by atoms with E-state index in [1.807, 2.05) is 41.1 Å². The van der Waals surface area contributed by atoms with E-state index in [2.05, 4.69) is 26.2 Å². The van der Waals surface area contributed by atoms with Gasteiger partial charge >= 0.3 is 0 Å². The van der Waals surface area contributed by atoms with E-state index in [4.69, 9.17) is 0 Å². The van der Waals surface area contributed by atoms with Crippen molar-refractivity contribution in [3.63, 3.8) is 0 Å². The number of halogens is 2.